The molecule has 2 aromatic carbocycles. The largest absolute Gasteiger partial charge is 0.478 e. The number of aromatic carboxylic acids is 1. The van der Waals surface area contributed by atoms with Crippen molar-refractivity contribution < 1.29 is 9.90 Å². The summed E-state index contributed by atoms with van der Waals surface area (Å²) < 4.78 is 5.37. The van der Waals surface area contributed by atoms with Gasteiger partial charge in [-0.1, -0.05) is 17.7 Å². The van der Waals surface area contributed by atoms with Crippen molar-refractivity contribution in [3.8, 4) is 0 Å². The second kappa shape index (κ2) is 7.07. The van der Waals surface area contributed by atoms with E-state index in [-0.39, 0.29) is 5.56 Å². The molecule has 0 saturated heterocycles. The van der Waals surface area contributed by atoms with Crippen LogP contribution in [0.1, 0.15) is 28.7 Å². The molecule has 24 heavy (non-hydrogen) atoms. The van der Waals surface area contributed by atoms with Crippen molar-refractivity contribution in [1.82, 2.24) is 14.3 Å². The molecule has 1 aromatic heterocycles. The Morgan fingerprint density at radius 1 is 1.25 bits per heavy atom. The zero-order valence-corrected chi connectivity index (χ0v) is 14.4. The predicted molar refractivity (Wildman–Crippen MR) is 96.2 cm³/mol. The third-order valence-corrected chi connectivity index (χ3v) is 4.63. The van der Waals surface area contributed by atoms with Crippen LogP contribution in [0.3, 0.4) is 0 Å². The quantitative estimate of drug-likeness (QED) is 0.667. The first kappa shape index (κ1) is 16.5. The highest BCUT2D eigenvalue weighted by atomic mass is 32.2. The molecule has 0 fully saturated rings. The Bertz CT molecular complexity index is 872. The van der Waals surface area contributed by atoms with E-state index in [0.717, 1.165) is 28.3 Å². The van der Waals surface area contributed by atoms with Crippen LogP contribution in [0.2, 0.25) is 0 Å². The maximum Gasteiger partial charge on any atom is 0.335 e. The van der Waals surface area contributed by atoms with Gasteiger partial charge >= 0.3 is 5.97 Å². The number of benzene rings is 2. The Kier molecular flexibility index (Phi) is 4.87. The molecule has 0 saturated carbocycles. The minimum Gasteiger partial charge on any atom is -0.478 e. The summed E-state index contributed by atoms with van der Waals surface area (Å²) in [6, 6.07) is 13.4. The van der Waals surface area contributed by atoms with Crippen LogP contribution in [0.5, 0.6) is 0 Å². The minimum absolute atomic E-state index is 0.283. The molecule has 124 valence electrons. The van der Waals surface area contributed by atoms with Gasteiger partial charge in [-0.25, -0.2) is 9.78 Å². The fourth-order valence-corrected chi connectivity index (χ4v) is 3.22. The molecule has 0 bridgehead atoms. The minimum atomic E-state index is -0.921. The lowest BCUT2D eigenvalue weighted by Crippen LogP contribution is -2.10. The van der Waals surface area contributed by atoms with E-state index in [1.54, 1.807) is 30.1 Å². The number of imidazole rings is 1. The topological polar surface area (TPSA) is 67.2 Å². The average molecular weight is 341 g/mol. The highest BCUT2D eigenvalue weighted by Crippen LogP contribution is 2.20. The summed E-state index contributed by atoms with van der Waals surface area (Å²) in [6.45, 7) is 5.44. The fraction of sp³-hybridized carbons (Fsp3) is 0.222. The van der Waals surface area contributed by atoms with Crippen LogP contribution in [0.15, 0.2) is 47.4 Å². The Morgan fingerprint density at radius 3 is 2.67 bits per heavy atom. The molecule has 0 unspecified atom stereocenters. The van der Waals surface area contributed by atoms with Crippen LogP contribution in [0, 0.1) is 6.92 Å². The van der Waals surface area contributed by atoms with Crippen LogP contribution in [-0.2, 0) is 13.1 Å². The van der Waals surface area contributed by atoms with Crippen LogP contribution < -0.4 is 4.72 Å². The monoisotopic (exact) mass is 341 g/mol. The van der Waals surface area contributed by atoms with Gasteiger partial charge in [0.2, 0.25) is 0 Å². The maximum absolute atomic E-state index is 11.2. The molecular formula is C18H19N3O2S. The van der Waals surface area contributed by atoms with Gasteiger partial charge in [0.05, 0.1) is 23.1 Å². The second-order valence-electron chi connectivity index (χ2n) is 5.52. The smallest absolute Gasteiger partial charge is 0.335 e. The van der Waals surface area contributed by atoms with Gasteiger partial charge in [0.15, 0.2) is 0 Å². The first-order valence-electron chi connectivity index (χ1n) is 7.77. The summed E-state index contributed by atoms with van der Waals surface area (Å²) in [5, 5.41) is 9.16. The van der Waals surface area contributed by atoms with E-state index < -0.39 is 5.97 Å². The van der Waals surface area contributed by atoms with Gasteiger partial charge in [0, 0.05) is 11.4 Å². The number of hydrogen-bond acceptors (Lipinski definition) is 4. The van der Waals surface area contributed by atoms with Crippen molar-refractivity contribution in [2.45, 2.75) is 31.8 Å². The van der Waals surface area contributed by atoms with Crippen molar-refractivity contribution in [2.24, 2.45) is 0 Å². The number of nitrogens with zero attached hydrogens (tertiary/aromatic N) is 2. The van der Waals surface area contributed by atoms with E-state index >= 15 is 0 Å². The molecule has 0 spiro atoms. The van der Waals surface area contributed by atoms with E-state index in [1.165, 1.54) is 5.56 Å². The number of fused-ring (bicyclic) bond motifs is 1. The van der Waals surface area contributed by atoms with Gasteiger partial charge in [0.25, 0.3) is 0 Å². The predicted octanol–water partition coefficient (Wildman–Crippen LogP) is 3.86. The molecule has 0 atom stereocenters. The molecule has 1 heterocycles. The summed E-state index contributed by atoms with van der Waals surface area (Å²) in [4.78, 5) is 16.9. The molecule has 0 amide bonds. The van der Waals surface area contributed by atoms with Crippen LogP contribution in [0.25, 0.3) is 11.0 Å². The molecule has 6 heteroatoms. The van der Waals surface area contributed by atoms with Gasteiger partial charge in [-0.05, 0) is 56.1 Å². The number of aromatic nitrogens is 2. The molecule has 0 aliphatic rings. The van der Waals surface area contributed by atoms with Crippen molar-refractivity contribution in [1.29, 1.82) is 0 Å². The number of aryl methyl sites for hydroxylation is 2. The number of carbonyl (C=O) groups is 1. The van der Waals surface area contributed by atoms with Crippen molar-refractivity contribution in [3.63, 3.8) is 0 Å². The average Bonchev–Trinajstić information content (AvgIpc) is 2.93. The van der Waals surface area contributed by atoms with E-state index in [1.807, 2.05) is 11.5 Å². The van der Waals surface area contributed by atoms with Gasteiger partial charge < -0.3 is 9.67 Å². The van der Waals surface area contributed by atoms with E-state index in [4.69, 9.17) is 5.11 Å². The first-order chi connectivity index (χ1) is 11.6. The van der Waals surface area contributed by atoms with Gasteiger partial charge in [-0.2, -0.15) is 0 Å². The molecule has 3 rings (SSSR count). The Balaban J connectivity index is 1.78. The summed E-state index contributed by atoms with van der Waals surface area (Å²) in [5.41, 5.74) is 3.19. The summed E-state index contributed by atoms with van der Waals surface area (Å²) >= 11 is 1.56. The fourth-order valence-electron chi connectivity index (χ4n) is 2.58. The van der Waals surface area contributed by atoms with E-state index in [2.05, 4.69) is 40.9 Å². The normalized spacial score (nSPS) is 11.1. The summed E-state index contributed by atoms with van der Waals surface area (Å²) in [5.74, 6) is -0.0231. The van der Waals surface area contributed by atoms with Crippen molar-refractivity contribution in [2.75, 3.05) is 0 Å². The Labute approximate surface area is 144 Å². The van der Waals surface area contributed by atoms with Crippen molar-refractivity contribution in [3.05, 3.63) is 59.4 Å². The number of rotatable bonds is 6. The lowest BCUT2D eigenvalue weighted by Gasteiger charge is -2.07. The molecule has 5 nitrogen and oxygen atoms in total. The molecule has 0 aliphatic carbocycles. The number of hydrogen-bond donors (Lipinski definition) is 2. The Hall–Kier alpha value is -2.31. The summed E-state index contributed by atoms with van der Waals surface area (Å²) in [7, 11) is 0. The molecule has 0 aliphatic heterocycles. The zero-order chi connectivity index (χ0) is 17.1. The summed E-state index contributed by atoms with van der Waals surface area (Å²) in [6.07, 6.45) is 0. The van der Waals surface area contributed by atoms with Crippen LogP contribution >= 0.6 is 11.9 Å². The Morgan fingerprint density at radius 2 is 2.00 bits per heavy atom. The molecule has 3 aromatic rings. The third kappa shape index (κ3) is 3.44. The standard InChI is InChI=1S/C18H19N3O2S/c1-3-21-16-10-13(18(22)23)6-9-15(16)20-17(21)11-19-24-14-7-4-12(2)5-8-14/h4-10,19H,3,11H2,1-2H3,(H,22,23). The van der Waals surface area contributed by atoms with Gasteiger partial charge in [-0.15, -0.1) is 0 Å². The maximum atomic E-state index is 11.2. The first-order valence-corrected chi connectivity index (χ1v) is 8.59. The SMILES string of the molecule is CCn1c(CNSc2ccc(C)cc2)nc2ccc(C(=O)O)cc21. The highest BCUT2D eigenvalue weighted by Gasteiger charge is 2.12. The molecule has 0 radical (unpaired) electrons. The molecular weight excluding hydrogens is 322 g/mol. The van der Waals surface area contributed by atoms with E-state index in [9.17, 15) is 4.79 Å². The lowest BCUT2D eigenvalue weighted by atomic mass is 10.2. The zero-order valence-electron chi connectivity index (χ0n) is 13.6. The van der Waals surface area contributed by atoms with Gasteiger partial charge in [-0.3, -0.25) is 4.72 Å². The van der Waals surface area contributed by atoms with Crippen LogP contribution in [0.4, 0.5) is 0 Å². The number of carboxylic acid groups (broad SMARTS) is 1. The molecule has 2 N–H and O–H groups in total. The van der Waals surface area contributed by atoms with E-state index in [0.29, 0.717) is 6.54 Å². The van der Waals surface area contributed by atoms with Crippen molar-refractivity contribution >= 4 is 29.0 Å². The number of nitrogens with one attached hydrogen (secondary N) is 1. The third-order valence-electron chi connectivity index (χ3n) is 3.83. The number of carboxylic acids is 1. The lowest BCUT2D eigenvalue weighted by molar-refractivity contribution is 0.0697. The highest BCUT2D eigenvalue weighted by molar-refractivity contribution is 7.97. The van der Waals surface area contributed by atoms with Crippen LogP contribution in [-0.4, -0.2) is 20.6 Å². The second-order valence-corrected chi connectivity index (χ2v) is 6.48. The van der Waals surface area contributed by atoms with Gasteiger partial charge in [0.1, 0.15) is 5.82 Å².